The van der Waals surface area contributed by atoms with Crippen LogP contribution in [0.3, 0.4) is 0 Å². The summed E-state index contributed by atoms with van der Waals surface area (Å²) in [5.74, 6) is -1.55. The molecule has 0 heterocycles. The molecule has 0 aliphatic carbocycles. The monoisotopic (exact) mass is 450 g/mol. The van der Waals surface area contributed by atoms with Crippen molar-refractivity contribution in [1.29, 1.82) is 0 Å². The van der Waals surface area contributed by atoms with E-state index in [4.69, 9.17) is 39.5 Å². The number of benzene rings is 2. The molecule has 0 saturated carbocycles. The number of sulfonamides is 1. The molecule has 11 heteroatoms. The smallest absolute Gasteiger partial charge is 0.340 e. The number of amides is 1. The van der Waals surface area contributed by atoms with Gasteiger partial charge in [0, 0.05) is 0 Å². The van der Waals surface area contributed by atoms with Crippen LogP contribution in [0.5, 0.6) is 0 Å². The second kappa shape index (κ2) is 8.79. The molecule has 144 valence electrons. The number of para-hydroxylation sites is 1. The zero-order chi connectivity index (χ0) is 20.2. The van der Waals surface area contributed by atoms with Gasteiger partial charge in [-0.25, -0.2) is 13.2 Å². The number of esters is 1. The van der Waals surface area contributed by atoms with Gasteiger partial charge in [0.2, 0.25) is 10.0 Å². The quantitative estimate of drug-likeness (QED) is 0.513. The van der Waals surface area contributed by atoms with Gasteiger partial charge >= 0.3 is 5.97 Å². The van der Waals surface area contributed by atoms with Crippen LogP contribution < -0.4 is 10.0 Å². The van der Waals surface area contributed by atoms with Crippen molar-refractivity contribution in [2.75, 3.05) is 22.9 Å². The molecule has 0 unspecified atom stereocenters. The van der Waals surface area contributed by atoms with Crippen molar-refractivity contribution in [3.05, 3.63) is 57.0 Å². The number of ether oxygens (including phenoxy) is 1. The van der Waals surface area contributed by atoms with Gasteiger partial charge < -0.3 is 10.1 Å². The highest BCUT2D eigenvalue weighted by Crippen LogP contribution is 2.32. The van der Waals surface area contributed by atoms with E-state index in [1.807, 2.05) is 0 Å². The van der Waals surface area contributed by atoms with E-state index < -0.39 is 28.5 Å². The Hall–Kier alpha value is -2.00. The lowest BCUT2D eigenvalue weighted by Gasteiger charge is -2.11. The van der Waals surface area contributed by atoms with E-state index in [9.17, 15) is 18.0 Å². The molecule has 7 nitrogen and oxygen atoms in total. The van der Waals surface area contributed by atoms with Crippen molar-refractivity contribution in [2.45, 2.75) is 0 Å². The second-order valence-corrected chi connectivity index (χ2v) is 8.26. The van der Waals surface area contributed by atoms with Gasteiger partial charge in [-0.2, -0.15) is 0 Å². The molecule has 1 amide bonds. The number of hydrogen-bond donors (Lipinski definition) is 2. The maximum atomic E-state index is 12.2. The fourth-order valence-electron chi connectivity index (χ4n) is 1.96. The fraction of sp³-hybridized carbons (Fsp3) is 0.125. The highest BCUT2D eigenvalue weighted by Gasteiger charge is 2.17. The number of carbonyl (C=O) groups is 2. The Morgan fingerprint density at radius 3 is 2.30 bits per heavy atom. The van der Waals surface area contributed by atoms with Crippen LogP contribution in [0.15, 0.2) is 36.4 Å². The van der Waals surface area contributed by atoms with Crippen LogP contribution in [0.25, 0.3) is 0 Å². The van der Waals surface area contributed by atoms with Crippen molar-refractivity contribution < 1.29 is 22.7 Å². The zero-order valence-electron chi connectivity index (χ0n) is 13.8. The summed E-state index contributed by atoms with van der Waals surface area (Å²) in [5, 5.41) is 3.01. The highest BCUT2D eigenvalue weighted by molar-refractivity contribution is 7.92. The molecule has 0 radical (unpaired) electrons. The molecule has 0 aromatic heterocycles. The normalized spacial score (nSPS) is 11.0. The van der Waals surface area contributed by atoms with E-state index in [1.165, 1.54) is 30.3 Å². The molecule has 0 aliphatic heterocycles. The molecule has 27 heavy (non-hydrogen) atoms. The number of hydrogen-bond acceptors (Lipinski definition) is 5. The van der Waals surface area contributed by atoms with Crippen LogP contribution in [0.1, 0.15) is 10.4 Å². The van der Waals surface area contributed by atoms with Gasteiger partial charge in [0.05, 0.1) is 38.3 Å². The summed E-state index contributed by atoms with van der Waals surface area (Å²) in [6.45, 7) is -0.622. The topological polar surface area (TPSA) is 102 Å². The van der Waals surface area contributed by atoms with E-state index in [-0.39, 0.29) is 32.0 Å². The van der Waals surface area contributed by atoms with Crippen LogP contribution in [-0.2, 0) is 19.6 Å². The largest absolute Gasteiger partial charge is 0.452 e. The van der Waals surface area contributed by atoms with Gasteiger partial charge in [0.15, 0.2) is 6.61 Å². The first-order chi connectivity index (χ1) is 12.6. The first kappa shape index (κ1) is 21.3. The SMILES string of the molecule is CS(=O)(=O)Nc1ccccc1C(=O)OCC(=O)Nc1cc(Cl)c(Cl)cc1Cl. The van der Waals surface area contributed by atoms with Crippen molar-refractivity contribution in [3.63, 3.8) is 0 Å². The van der Waals surface area contributed by atoms with Crippen molar-refractivity contribution in [3.8, 4) is 0 Å². The van der Waals surface area contributed by atoms with E-state index in [1.54, 1.807) is 6.07 Å². The molecule has 0 bridgehead atoms. The Balaban J connectivity index is 2.04. The molecule has 2 aromatic carbocycles. The Labute approximate surface area is 170 Å². The van der Waals surface area contributed by atoms with Crippen molar-refractivity contribution in [1.82, 2.24) is 0 Å². The van der Waals surface area contributed by atoms with Crippen LogP contribution in [-0.4, -0.2) is 33.2 Å². The lowest BCUT2D eigenvalue weighted by atomic mass is 10.2. The average Bonchev–Trinajstić information content (AvgIpc) is 2.56. The Morgan fingerprint density at radius 1 is 1.00 bits per heavy atom. The van der Waals surface area contributed by atoms with Gasteiger partial charge in [0.1, 0.15) is 0 Å². The number of anilines is 2. The maximum Gasteiger partial charge on any atom is 0.340 e. The Kier molecular flexibility index (Phi) is 6.94. The molecular formula is C16H13Cl3N2O5S. The molecule has 0 fully saturated rings. The predicted molar refractivity (Wildman–Crippen MR) is 105 cm³/mol. The van der Waals surface area contributed by atoms with Gasteiger partial charge in [-0.05, 0) is 24.3 Å². The van der Waals surface area contributed by atoms with Crippen LogP contribution >= 0.6 is 34.8 Å². The minimum Gasteiger partial charge on any atom is -0.452 e. The number of halogens is 3. The van der Waals surface area contributed by atoms with Gasteiger partial charge in [-0.15, -0.1) is 0 Å². The number of carbonyl (C=O) groups excluding carboxylic acids is 2. The van der Waals surface area contributed by atoms with E-state index in [0.29, 0.717) is 0 Å². The highest BCUT2D eigenvalue weighted by atomic mass is 35.5. The summed E-state index contributed by atoms with van der Waals surface area (Å²) in [6.07, 6.45) is 0.948. The number of rotatable bonds is 6. The van der Waals surface area contributed by atoms with E-state index >= 15 is 0 Å². The standard InChI is InChI=1S/C16H13Cl3N2O5S/c1-27(24,25)21-13-5-3-2-4-9(13)16(23)26-8-15(22)20-14-7-11(18)10(17)6-12(14)19/h2-7,21H,8H2,1H3,(H,20,22). The molecule has 2 aromatic rings. The number of nitrogens with one attached hydrogen (secondary N) is 2. The molecule has 2 rings (SSSR count). The summed E-state index contributed by atoms with van der Waals surface area (Å²) in [7, 11) is -3.59. The molecule has 0 aliphatic rings. The molecule has 0 atom stereocenters. The summed E-state index contributed by atoms with van der Waals surface area (Å²) in [5.41, 5.74) is 0.201. The third kappa shape index (κ3) is 6.28. The molecule has 0 saturated heterocycles. The summed E-state index contributed by atoms with van der Waals surface area (Å²) in [4.78, 5) is 24.1. The van der Waals surface area contributed by atoms with Crippen LogP contribution in [0, 0.1) is 0 Å². The lowest BCUT2D eigenvalue weighted by molar-refractivity contribution is -0.119. The third-order valence-electron chi connectivity index (χ3n) is 3.06. The minimum absolute atomic E-state index is 0.0386. The van der Waals surface area contributed by atoms with Gasteiger partial charge in [-0.3, -0.25) is 9.52 Å². The molecule has 2 N–H and O–H groups in total. The second-order valence-electron chi connectivity index (χ2n) is 5.29. The van der Waals surface area contributed by atoms with Crippen molar-refractivity contribution >= 4 is 68.1 Å². The predicted octanol–water partition coefficient (Wildman–Crippen LogP) is 3.81. The fourth-order valence-corrected chi connectivity index (χ4v) is 3.13. The summed E-state index contributed by atoms with van der Waals surface area (Å²) < 4.78 is 29.9. The van der Waals surface area contributed by atoms with E-state index in [2.05, 4.69) is 10.0 Å². The molecular weight excluding hydrogens is 439 g/mol. The first-order valence-electron chi connectivity index (χ1n) is 7.25. The molecule has 0 spiro atoms. The summed E-state index contributed by atoms with van der Waals surface area (Å²) >= 11 is 17.6. The van der Waals surface area contributed by atoms with E-state index in [0.717, 1.165) is 6.26 Å². The van der Waals surface area contributed by atoms with Crippen LogP contribution in [0.2, 0.25) is 15.1 Å². The summed E-state index contributed by atoms with van der Waals surface area (Å²) in [6, 6.07) is 8.55. The minimum atomic E-state index is -3.59. The lowest BCUT2D eigenvalue weighted by Crippen LogP contribution is -2.22. The first-order valence-corrected chi connectivity index (χ1v) is 10.3. The van der Waals surface area contributed by atoms with Gasteiger partial charge in [0.25, 0.3) is 5.91 Å². The zero-order valence-corrected chi connectivity index (χ0v) is 16.8. The Bertz CT molecular complexity index is 996. The third-order valence-corrected chi connectivity index (χ3v) is 4.69. The van der Waals surface area contributed by atoms with Gasteiger partial charge in [-0.1, -0.05) is 46.9 Å². The van der Waals surface area contributed by atoms with Crippen molar-refractivity contribution in [2.24, 2.45) is 0 Å². The van der Waals surface area contributed by atoms with Crippen LogP contribution in [0.4, 0.5) is 11.4 Å². The average molecular weight is 452 g/mol. The maximum absolute atomic E-state index is 12.2. The Morgan fingerprint density at radius 2 is 1.63 bits per heavy atom.